The van der Waals surface area contributed by atoms with Crippen LogP contribution in [0.1, 0.15) is 38.6 Å². The van der Waals surface area contributed by atoms with Crippen molar-refractivity contribution in [2.24, 2.45) is 11.1 Å². The highest BCUT2D eigenvalue weighted by molar-refractivity contribution is 7.80. The summed E-state index contributed by atoms with van der Waals surface area (Å²) >= 11 is 4.99. The highest BCUT2D eigenvalue weighted by Crippen LogP contribution is 2.21. The summed E-state index contributed by atoms with van der Waals surface area (Å²) in [6.07, 6.45) is 2.76. The molecule has 0 aliphatic carbocycles. The molecular formula is C12H20N4S. The van der Waals surface area contributed by atoms with E-state index in [1.54, 1.807) is 6.20 Å². The Kier molecular flexibility index (Phi) is 4.40. The number of hydrogen-bond donors (Lipinski definition) is 2. The van der Waals surface area contributed by atoms with Gasteiger partial charge in [-0.2, -0.15) is 0 Å². The third-order valence-electron chi connectivity index (χ3n) is 2.87. The van der Waals surface area contributed by atoms with Crippen molar-refractivity contribution in [2.75, 3.05) is 11.9 Å². The van der Waals surface area contributed by atoms with Crippen LogP contribution >= 0.6 is 12.2 Å². The van der Waals surface area contributed by atoms with E-state index in [2.05, 4.69) is 36.1 Å². The maximum atomic E-state index is 5.65. The van der Waals surface area contributed by atoms with Gasteiger partial charge >= 0.3 is 0 Å². The van der Waals surface area contributed by atoms with Crippen molar-refractivity contribution in [2.45, 2.75) is 34.1 Å². The number of thiocarbonyl (C=S) groups is 1. The summed E-state index contributed by atoms with van der Waals surface area (Å²) in [5.41, 5.74) is 6.57. The number of hydrogen-bond acceptors (Lipinski definition) is 4. The van der Waals surface area contributed by atoms with Crippen LogP contribution in [0.15, 0.2) is 6.20 Å². The quantitative estimate of drug-likeness (QED) is 0.787. The highest BCUT2D eigenvalue weighted by Gasteiger charge is 2.16. The van der Waals surface area contributed by atoms with Crippen LogP contribution in [0.2, 0.25) is 0 Å². The van der Waals surface area contributed by atoms with Crippen LogP contribution < -0.4 is 11.1 Å². The summed E-state index contributed by atoms with van der Waals surface area (Å²) in [4.78, 5) is 8.77. The second-order valence-electron chi connectivity index (χ2n) is 4.92. The van der Waals surface area contributed by atoms with E-state index in [0.717, 1.165) is 18.8 Å². The molecule has 5 heteroatoms. The summed E-state index contributed by atoms with van der Waals surface area (Å²) in [5.74, 6) is 1.44. The Hall–Kier alpha value is -1.23. The number of nitrogens with zero attached hydrogens (tertiary/aromatic N) is 2. The lowest BCUT2D eigenvalue weighted by molar-refractivity contribution is 0.376. The number of aromatic nitrogens is 2. The number of nitrogens with one attached hydrogen (secondary N) is 1. The van der Waals surface area contributed by atoms with E-state index >= 15 is 0 Å². The molecule has 0 fully saturated rings. The van der Waals surface area contributed by atoms with E-state index in [-0.39, 0.29) is 5.41 Å². The van der Waals surface area contributed by atoms with Crippen molar-refractivity contribution in [3.05, 3.63) is 17.6 Å². The molecule has 0 aliphatic rings. The Balaban J connectivity index is 2.89. The lowest BCUT2D eigenvalue weighted by Gasteiger charge is -2.23. The molecule has 0 aromatic carbocycles. The molecule has 17 heavy (non-hydrogen) atoms. The fraction of sp³-hybridized carbons (Fsp3) is 0.583. The van der Waals surface area contributed by atoms with Gasteiger partial charge in [0.1, 0.15) is 16.6 Å². The molecule has 1 aromatic heterocycles. The van der Waals surface area contributed by atoms with Crippen LogP contribution in [0, 0.1) is 12.3 Å². The monoisotopic (exact) mass is 252 g/mol. The molecule has 0 aliphatic heterocycles. The van der Waals surface area contributed by atoms with Gasteiger partial charge in [-0.25, -0.2) is 9.97 Å². The lowest BCUT2D eigenvalue weighted by Crippen LogP contribution is -2.24. The molecule has 0 bridgehead atoms. The average Bonchev–Trinajstić information content (AvgIpc) is 2.26. The first-order valence-electron chi connectivity index (χ1n) is 5.73. The SMILES string of the molecule is CCC(C)(C)CNc1nc(C)ncc1C(N)=S. The van der Waals surface area contributed by atoms with E-state index in [9.17, 15) is 0 Å². The summed E-state index contributed by atoms with van der Waals surface area (Å²) in [7, 11) is 0. The largest absolute Gasteiger partial charge is 0.389 e. The van der Waals surface area contributed by atoms with Crippen molar-refractivity contribution >= 4 is 23.0 Å². The van der Waals surface area contributed by atoms with Crippen LogP contribution in [0.5, 0.6) is 0 Å². The molecule has 0 unspecified atom stereocenters. The Bertz CT molecular complexity index is 415. The fourth-order valence-electron chi connectivity index (χ4n) is 1.23. The van der Waals surface area contributed by atoms with Gasteiger partial charge in [0.15, 0.2) is 0 Å². The Morgan fingerprint density at radius 1 is 1.53 bits per heavy atom. The maximum absolute atomic E-state index is 5.65. The highest BCUT2D eigenvalue weighted by atomic mass is 32.1. The van der Waals surface area contributed by atoms with Crippen LogP contribution in [0.4, 0.5) is 5.82 Å². The molecule has 1 aromatic rings. The van der Waals surface area contributed by atoms with Crippen molar-refractivity contribution in [1.29, 1.82) is 0 Å². The first-order valence-corrected chi connectivity index (χ1v) is 6.14. The third kappa shape index (κ3) is 3.93. The molecule has 0 atom stereocenters. The minimum absolute atomic E-state index is 0.215. The zero-order chi connectivity index (χ0) is 13.1. The number of anilines is 1. The summed E-state index contributed by atoms with van der Waals surface area (Å²) in [6, 6.07) is 0. The predicted molar refractivity (Wildman–Crippen MR) is 75.2 cm³/mol. The van der Waals surface area contributed by atoms with E-state index in [1.165, 1.54) is 0 Å². The minimum atomic E-state index is 0.215. The molecule has 0 amide bonds. The standard InChI is InChI=1S/C12H20N4S/c1-5-12(3,4)7-15-11-9(10(13)17)6-14-8(2)16-11/h6H,5,7H2,1-4H3,(H2,13,17)(H,14,15,16). The number of aryl methyl sites for hydroxylation is 1. The Labute approximate surface area is 108 Å². The first kappa shape index (κ1) is 13.8. The Morgan fingerprint density at radius 3 is 2.71 bits per heavy atom. The van der Waals surface area contributed by atoms with Crippen molar-refractivity contribution in [3.63, 3.8) is 0 Å². The van der Waals surface area contributed by atoms with E-state index in [0.29, 0.717) is 16.4 Å². The van der Waals surface area contributed by atoms with E-state index in [1.807, 2.05) is 6.92 Å². The van der Waals surface area contributed by atoms with E-state index < -0.39 is 0 Å². The van der Waals surface area contributed by atoms with Gasteiger partial charge in [-0.1, -0.05) is 33.0 Å². The zero-order valence-corrected chi connectivity index (χ0v) is 11.7. The molecule has 1 rings (SSSR count). The van der Waals surface area contributed by atoms with Gasteiger partial charge in [-0.3, -0.25) is 0 Å². The number of nitrogens with two attached hydrogens (primary N) is 1. The van der Waals surface area contributed by atoms with E-state index in [4.69, 9.17) is 18.0 Å². The predicted octanol–water partition coefficient (Wildman–Crippen LogP) is 2.27. The van der Waals surface area contributed by atoms with Gasteiger partial charge in [0, 0.05) is 12.7 Å². The molecule has 94 valence electrons. The second-order valence-corrected chi connectivity index (χ2v) is 5.35. The smallest absolute Gasteiger partial charge is 0.140 e. The van der Waals surface area contributed by atoms with Gasteiger partial charge in [0.25, 0.3) is 0 Å². The maximum Gasteiger partial charge on any atom is 0.140 e. The molecule has 0 saturated heterocycles. The Morgan fingerprint density at radius 2 is 2.18 bits per heavy atom. The zero-order valence-electron chi connectivity index (χ0n) is 10.9. The van der Waals surface area contributed by atoms with Crippen LogP contribution in [0.25, 0.3) is 0 Å². The topological polar surface area (TPSA) is 63.8 Å². The van der Waals surface area contributed by atoms with Crippen LogP contribution in [0.3, 0.4) is 0 Å². The normalized spacial score (nSPS) is 11.3. The summed E-state index contributed by atoms with van der Waals surface area (Å²) in [5, 5.41) is 3.31. The molecule has 1 heterocycles. The van der Waals surface area contributed by atoms with Gasteiger partial charge < -0.3 is 11.1 Å². The van der Waals surface area contributed by atoms with Crippen molar-refractivity contribution in [1.82, 2.24) is 9.97 Å². The van der Waals surface area contributed by atoms with Gasteiger partial charge in [0.05, 0.1) is 5.56 Å². The van der Waals surface area contributed by atoms with Crippen LogP contribution in [-0.2, 0) is 0 Å². The van der Waals surface area contributed by atoms with Gasteiger partial charge in [-0.05, 0) is 18.8 Å². The number of rotatable bonds is 5. The van der Waals surface area contributed by atoms with Crippen molar-refractivity contribution < 1.29 is 0 Å². The summed E-state index contributed by atoms with van der Waals surface area (Å²) < 4.78 is 0. The molecular weight excluding hydrogens is 232 g/mol. The second kappa shape index (κ2) is 5.40. The van der Waals surface area contributed by atoms with Crippen LogP contribution in [-0.4, -0.2) is 21.5 Å². The molecule has 4 nitrogen and oxygen atoms in total. The third-order valence-corrected chi connectivity index (χ3v) is 3.09. The minimum Gasteiger partial charge on any atom is -0.389 e. The fourth-order valence-corrected chi connectivity index (χ4v) is 1.38. The van der Waals surface area contributed by atoms with Crippen molar-refractivity contribution in [3.8, 4) is 0 Å². The summed E-state index contributed by atoms with van der Waals surface area (Å²) in [6.45, 7) is 9.25. The molecule has 0 saturated carbocycles. The molecule has 0 spiro atoms. The average molecular weight is 252 g/mol. The molecule has 3 N–H and O–H groups in total. The van der Waals surface area contributed by atoms with Gasteiger partial charge in [-0.15, -0.1) is 0 Å². The van der Waals surface area contributed by atoms with Gasteiger partial charge in [0.2, 0.25) is 0 Å². The lowest BCUT2D eigenvalue weighted by atomic mass is 9.90. The first-order chi connectivity index (χ1) is 7.85. The molecule has 0 radical (unpaired) electrons.